The van der Waals surface area contributed by atoms with E-state index in [1.54, 1.807) is 7.11 Å². The molecule has 1 aromatic carbocycles. The molecule has 5 nitrogen and oxygen atoms in total. The van der Waals surface area contributed by atoms with Crippen molar-refractivity contribution in [1.29, 1.82) is 0 Å². The van der Waals surface area contributed by atoms with E-state index in [0.29, 0.717) is 11.7 Å². The maximum Gasteiger partial charge on any atom is 0.226 e. The van der Waals surface area contributed by atoms with Crippen LogP contribution in [0, 0.1) is 0 Å². The Bertz CT molecular complexity index is 511. The van der Waals surface area contributed by atoms with Gasteiger partial charge in [-0.3, -0.25) is 0 Å². The van der Waals surface area contributed by atoms with Crippen molar-refractivity contribution >= 4 is 0 Å². The third kappa shape index (κ3) is 3.79. The molecule has 5 heteroatoms. The lowest BCUT2D eigenvalue weighted by Gasteiger charge is -1.99. The molecular formula is C14H19N3O2. The second kappa shape index (κ2) is 6.89. The average molecular weight is 261 g/mol. The monoisotopic (exact) mass is 261 g/mol. The summed E-state index contributed by atoms with van der Waals surface area (Å²) in [6.45, 7) is 0.735. The number of unbranched alkanes of at least 4 members (excludes halogenated alkanes) is 2. The molecule has 102 valence electrons. The summed E-state index contributed by atoms with van der Waals surface area (Å²) in [7, 11) is 1.64. The van der Waals surface area contributed by atoms with E-state index in [2.05, 4.69) is 10.1 Å². The number of benzene rings is 1. The van der Waals surface area contributed by atoms with Gasteiger partial charge in [-0.2, -0.15) is 4.98 Å². The van der Waals surface area contributed by atoms with E-state index in [4.69, 9.17) is 15.0 Å². The number of aryl methyl sites for hydroxylation is 1. The summed E-state index contributed by atoms with van der Waals surface area (Å²) in [5.74, 6) is 2.06. The SMILES string of the molecule is COc1cccc(-c2noc(CCCCCN)n2)c1. The molecule has 0 spiro atoms. The van der Waals surface area contributed by atoms with Crippen molar-refractivity contribution < 1.29 is 9.26 Å². The molecular weight excluding hydrogens is 242 g/mol. The molecule has 0 fully saturated rings. The molecule has 0 unspecified atom stereocenters. The second-order valence-corrected chi connectivity index (χ2v) is 4.34. The van der Waals surface area contributed by atoms with Gasteiger partial charge in [-0.1, -0.05) is 23.7 Å². The summed E-state index contributed by atoms with van der Waals surface area (Å²) in [6, 6.07) is 7.62. The van der Waals surface area contributed by atoms with Crippen molar-refractivity contribution in [2.45, 2.75) is 25.7 Å². The van der Waals surface area contributed by atoms with Crippen molar-refractivity contribution in [3.05, 3.63) is 30.2 Å². The molecule has 19 heavy (non-hydrogen) atoms. The quantitative estimate of drug-likeness (QED) is 0.775. The molecule has 0 atom stereocenters. The van der Waals surface area contributed by atoms with Crippen molar-refractivity contribution in [3.63, 3.8) is 0 Å². The van der Waals surface area contributed by atoms with E-state index < -0.39 is 0 Å². The van der Waals surface area contributed by atoms with Crippen molar-refractivity contribution in [3.8, 4) is 17.1 Å². The fourth-order valence-corrected chi connectivity index (χ4v) is 1.83. The lowest BCUT2D eigenvalue weighted by atomic mass is 10.2. The largest absolute Gasteiger partial charge is 0.497 e. The molecule has 0 aliphatic carbocycles. The van der Waals surface area contributed by atoms with Crippen LogP contribution in [0.3, 0.4) is 0 Å². The van der Waals surface area contributed by atoms with Gasteiger partial charge in [-0.15, -0.1) is 0 Å². The fraction of sp³-hybridized carbons (Fsp3) is 0.429. The Balaban J connectivity index is 1.99. The molecule has 0 bridgehead atoms. The van der Waals surface area contributed by atoms with Gasteiger partial charge in [0.1, 0.15) is 5.75 Å². The Hall–Kier alpha value is -1.88. The van der Waals surface area contributed by atoms with Crippen molar-refractivity contribution in [2.24, 2.45) is 5.73 Å². The maximum atomic E-state index is 5.45. The van der Waals surface area contributed by atoms with Crippen LogP contribution < -0.4 is 10.5 Å². The van der Waals surface area contributed by atoms with Gasteiger partial charge in [0.15, 0.2) is 0 Å². The van der Waals surface area contributed by atoms with Crippen LogP contribution in [-0.4, -0.2) is 23.8 Å². The Morgan fingerprint density at radius 1 is 1.26 bits per heavy atom. The van der Waals surface area contributed by atoms with Crippen molar-refractivity contribution in [1.82, 2.24) is 10.1 Å². The smallest absolute Gasteiger partial charge is 0.226 e. The van der Waals surface area contributed by atoms with Crippen LogP contribution in [0.2, 0.25) is 0 Å². The lowest BCUT2D eigenvalue weighted by molar-refractivity contribution is 0.374. The normalized spacial score (nSPS) is 10.6. The Kier molecular flexibility index (Phi) is 4.92. The molecule has 0 amide bonds. The van der Waals surface area contributed by atoms with E-state index in [1.165, 1.54) is 0 Å². The van der Waals surface area contributed by atoms with E-state index in [9.17, 15) is 0 Å². The first-order chi connectivity index (χ1) is 9.33. The van der Waals surface area contributed by atoms with Gasteiger partial charge in [0, 0.05) is 12.0 Å². The first kappa shape index (κ1) is 13.5. The number of methoxy groups -OCH3 is 1. The summed E-state index contributed by atoms with van der Waals surface area (Å²) in [4.78, 5) is 4.39. The highest BCUT2D eigenvalue weighted by molar-refractivity contribution is 5.56. The van der Waals surface area contributed by atoms with Gasteiger partial charge < -0.3 is 15.0 Å². The third-order valence-corrected chi connectivity index (χ3v) is 2.89. The summed E-state index contributed by atoms with van der Waals surface area (Å²) in [5, 5.41) is 3.99. The lowest BCUT2D eigenvalue weighted by Crippen LogP contribution is -1.98. The number of ether oxygens (including phenoxy) is 1. The van der Waals surface area contributed by atoms with Crippen LogP contribution in [-0.2, 0) is 6.42 Å². The van der Waals surface area contributed by atoms with Gasteiger partial charge in [0.2, 0.25) is 11.7 Å². The molecule has 0 saturated heterocycles. The van der Waals surface area contributed by atoms with Crippen molar-refractivity contribution in [2.75, 3.05) is 13.7 Å². The standard InChI is InChI=1S/C14H19N3O2/c1-18-12-7-5-6-11(10-12)14-16-13(19-17-14)8-3-2-4-9-15/h5-7,10H,2-4,8-9,15H2,1H3. The predicted octanol–water partition coefficient (Wildman–Crippen LogP) is 2.42. The Morgan fingerprint density at radius 3 is 2.95 bits per heavy atom. The zero-order valence-corrected chi connectivity index (χ0v) is 11.1. The second-order valence-electron chi connectivity index (χ2n) is 4.34. The van der Waals surface area contributed by atoms with E-state index in [1.807, 2.05) is 24.3 Å². The van der Waals surface area contributed by atoms with E-state index in [-0.39, 0.29) is 0 Å². The summed E-state index contributed by atoms with van der Waals surface area (Å²) in [5.41, 5.74) is 6.35. The number of hydrogen-bond donors (Lipinski definition) is 1. The predicted molar refractivity (Wildman–Crippen MR) is 72.9 cm³/mol. The molecule has 2 aromatic rings. The zero-order valence-electron chi connectivity index (χ0n) is 11.1. The number of rotatable bonds is 7. The Morgan fingerprint density at radius 2 is 2.16 bits per heavy atom. The van der Waals surface area contributed by atoms with Gasteiger partial charge in [0.25, 0.3) is 0 Å². The van der Waals surface area contributed by atoms with Crippen LogP contribution in [0.1, 0.15) is 25.2 Å². The number of nitrogens with two attached hydrogens (primary N) is 1. The maximum absolute atomic E-state index is 5.45. The zero-order chi connectivity index (χ0) is 13.5. The van der Waals surface area contributed by atoms with E-state index >= 15 is 0 Å². The molecule has 0 saturated carbocycles. The van der Waals surface area contributed by atoms with Crippen LogP contribution in [0.5, 0.6) is 5.75 Å². The number of aromatic nitrogens is 2. The van der Waals surface area contributed by atoms with Gasteiger partial charge >= 0.3 is 0 Å². The van der Waals surface area contributed by atoms with Gasteiger partial charge in [0.05, 0.1) is 7.11 Å². The Labute approximate surface area is 112 Å². The molecule has 0 radical (unpaired) electrons. The highest BCUT2D eigenvalue weighted by Gasteiger charge is 2.08. The average Bonchev–Trinajstić information content (AvgIpc) is 2.92. The topological polar surface area (TPSA) is 74.2 Å². The minimum atomic E-state index is 0.604. The van der Waals surface area contributed by atoms with Crippen LogP contribution in [0.25, 0.3) is 11.4 Å². The van der Waals surface area contributed by atoms with Gasteiger partial charge in [-0.25, -0.2) is 0 Å². The van der Waals surface area contributed by atoms with Gasteiger partial charge in [-0.05, 0) is 31.5 Å². The summed E-state index contributed by atoms with van der Waals surface area (Å²) in [6.07, 6.45) is 3.96. The highest BCUT2D eigenvalue weighted by Crippen LogP contribution is 2.21. The summed E-state index contributed by atoms with van der Waals surface area (Å²) >= 11 is 0. The number of nitrogens with zero attached hydrogens (tertiary/aromatic N) is 2. The minimum absolute atomic E-state index is 0.604. The first-order valence-corrected chi connectivity index (χ1v) is 6.50. The first-order valence-electron chi connectivity index (χ1n) is 6.50. The fourth-order valence-electron chi connectivity index (χ4n) is 1.83. The highest BCUT2D eigenvalue weighted by atomic mass is 16.5. The van der Waals surface area contributed by atoms with Crippen LogP contribution in [0.15, 0.2) is 28.8 Å². The molecule has 1 aromatic heterocycles. The summed E-state index contributed by atoms with van der Waals surface area (Å²) < 4.78 is 10.4. The van der Waals surface area contributed by atoms with Crippen LogP contribution in [0.4, 0.5) is 0 Å². The number of hydrogen-bond acceptors (Lipinski definition) is 5. The molecule has 0 aliphatic heterocycles. The third-order valence-electron chi connectivity index (χ3n) is 2.89. The molecule has 0 aliphatic rings. The molecule has 1 heterocycles. The molecule has 2 N–H and O–H groups in total. The van der Waals surface area contributed by atoms with Crippen LogP contribution >= 0.6 is 0 Å². The minimum Gasteiger partial charge on any atom is -0.497 e. The van der Waals surface area contributed by atoms with E-state index in [0.717, 1.165) is 43.5 Å². The molecule has 2 rings (SSSR count).